The number of aromatic hydroxyl groups is 1. The molecule has 0 saturated carbocycles. The Bertz CT molecular complexity index is 626. The number of alkyl halides is 3. The van der Waals surface area contributed by atoms with E-state index in [1.54, 1.807) is 12.1 Å². The summed E-state index contributed by atoms with van der Waals surface area (Å²) in [6, 6.07) is 9.77. The molecule has 0 aromatic heterocycles. The molecule has 2 rings (SSSR count). The molecule has 0 heterocycles. The van der Waals surface area contributed by atoms with Gasteiger partial charge in [-0.2, -0.15) is 13.2 Å². The Hall–Kier alpha value is -1.69. The summed E-state index contributed by atoms with van der Waals surface area (Å²) < 4.78 is 38.8. The van der Waals surface area contributed by atoms with Gasteiger partial charge < -0.3 is 10.4 Å². The Balaban J connectivity index is 2.24. The van der Waals surface area contributed by atoms with Crippen molar-refractivity contribution in [2.75, 3.05) is 5.32 Å². The average Bonchev–Trinajstić information content (AvgIpc) is 2.40. The standard InChI is InChI=1S/C15H13BrF3NO/c1-9(10-2-5-12(21)6-3-10)20-14-8-11(15(17,18)19)4-7-13(14)16/h2-9,20-21H,1H3. The number of hydrogen-bond acceptors (Lipinski definition) is 2. The molecule has 1 atom stereocenters. The number of phenols is 1. The molecule has 0 radical (unpaired) electrons. The summed E-state index contributed by atoms with van der Waals surface area (Å²) in [5, 5.41) is 12.3. The van der Waals surface area contributed by atoms with E-state index in [1.165, 1.54) is 18.2 Å². The molecule has 2 nitrogen and oxygen atoms in total. The fourth-order valence-corrected chi connectivity index (χ4v) is 2.25. The fourth-order valence-electron chi connectivity index (χ4n) is 1.89. The van der Waals surface area contributed by atoms with Crippen molar-refractivity contribution in [3.63, 3.8) is 0 Å². The minimum Gasteiger partial charge on any atom is -0.508 e. The molecule has 1 unspecified atom stereocenters. The van der Waals surface area contributed by atoms with Crippen molar-refractivity contribution in [3.05, 3.63) is 58.1 Å². The topological polar surface area (TPSA) is 32.3 Å². The highest BCUT2D eigenvalue weighted by molar-refractivity contribution is 9.10. The van der Waals surface area contributed by atoms with Crippen LogP contribution in [0.25, 0.3) is 0 Å². The smallest absolute Gasteiger partial charge is 0.416 e. The normalized spacial score (nSPS) is 13.0. The predicted molar refractivity (Wildman–Crippen MR) is 79.3 cm³/mol. The number of halogens is 4. The molecule has 0 aliphatic heterocycles. The Morgan fingerprint density at radius 1 is 1.10 bits per heavy atom. The van der Waals surface area contributed by atoms with Crippen molar-refractivity contribution in [1.29, 1.82) is 0 Å². The molecule has 0 fully saturated rings. The summed E-state index contributed by atoms with van der Waals surface area (Å²) in [6.45, 7) is 1.83. The first-order valence-electron chi connectivity index (χ1n) is 6.19. The number of phenolic OH excluding ortho intramolecular Hbond substituents is 1. The quantitative estimate of drug-likeness (QED) is 0.774. The Morgan fingerprint density at radius 2 is 1.71 bits per heavy atom. The van der Waals surface area contributed by atoms with E-state index in [-0.39, 0.29) is 11.8 Å². The van der Waals surface area contributed by atoms with Crippen LogP contribution in [0.4, 0.5) is 18.9 Å². The number of hydrogen-bond donors (Lipinski definition) is 2. The van der Waals surface area contributed by atoms with E-state index in [9.17, 15) is 18.3 Å². The van der Waals surface area contributed by atoms with E-state index in [0.29, 0.717) is 10.2 Å². The van der Waals surface area contributed by atoms with Crippen LogP contribution in [-0.4, -0.2) is 5.11 Å². The number of nitrogens with one attached hydrogen (secondary N) is 1. The van der Waals surface area contributed by atoms with Gasteiger partial charge in [0.25, 0.3) is 0 Å². The first-order chi connectivity index (χ1) is 9.77. The van der Waals surface area contributed by atoms with Crippen molar-refractivity contribution < 1.29 is 18.3 Å². The molecule has 0 bridgehead atoms. The largest absolute Gasteiger partial charge is 0.508 e. The van der Waals surface area contributed by atoms with Gasteiger partial charge in [-0.15, -0.1) is 0 Å². The van der Waals surface area contributed by atoms with Crippen LogP contribution in [0, 0.1) is 0 Å². The summed E-state index contributed by atoms with van der Waals surface area (Å²) in [5.41, 5.74) is 0.522. The SMILES string of the molecule is CC(Nc1cc(C(F)(F)F)ccc1Br)c1ccc(O)cc1. The van der Waals surface area contributed by atoms with E-state index < -0.39 is 11.7 Å². The maximum atomic E-state index is 12.7. The zero-order valence-electron chi connectivity index (χ0n) is 11.1. The average molecular weight is 360 g/mol. The lowest BCUT2D eigenvalue weighted by molar-refractivity contribution is -0.137. The highest BCUT2D eigenvalue weighted by Gasteiger charge is 2.31. The molecule has 0 spiro atoms. The van der Waals surface area contributed by atoms with E-state index in [4.69, 9.17) is 0 Å². The van der Waals surface area contributed by atoms with Gasteiger partial charge in [0.15, 0.2) is 0 Å². The molecule has 2 aromatic rings. The van der Waals surface area contributed by atoms with Crippen molar-refractivity contribution >= 4 is 21.6 Å². The first kappa shape index (κ1) is 15.7. The third-order valence-electron chi connectivity index (χ3n) is 3.06. The second kappa shape index (κ2) is 5.97. The molecule has 0 aliphatic carbocycles. The molecular formula is C15H13BrF3NO. The van der Waals surface area contributed by atoms with Crippen LogP contribution < -0.4 is 5.32 Å². The van der Waals surface area contributed by atoms with Gasteiger partial charge in [0.1, 0.15) is 5.75 Å². The minimum absolute atomic E-state index is 0.145. The molecule has 112 valence electrons. The second-order valence-electron chi connectivity index (χ2n) is 4.65. The van der Waals surface area contributed by atoms with Gasteiger partial charge in [0.05, 0.1) is 5.56 Å². The summed E-state index contributed by atoms with van der Waals surface area (Å²) >= 11 is 3.24. The lowest BCUT2D eigenvalue weighted by Crippen LogP contribution is -2.10. The third-order valence-corrected chi connectivity index (χ3v) is 3.75. The molecule has 21 heavy (non-hydrogen) atoms. The molecule has 2 aromatic carbocycles. The van der Waals surface area contributed by atoms with Crippen LogP contribution in [0.5, 0.6) is 5.75 Å². The summed E-state index contributed by atoms with van der Waals surface area (Å²) in [7, 11) is 0. The van der Waals surface area contributed by atoms with Gasteiger partial charge in [-0.1, -0.05) is 12.1 Å². The molecule has 2 N–H and O–H groups in total. The highest BCUT2D eigenvalue weighted by Crippen LogP contribution is 2.35. The van der Waals surface area contributed by atoms with Crippen molar-refractivity contribution in [1.82, 2.24) is 0 Å². The summed E-state index contributed by atoms with van der Waals surface area (Å²) in [4.78, 5) is 0. The van der Waals surface area contributed by atoms with Gasteiger partial charge in [0, 0.05) is 16.2 Å². The van der Waals surface area contributed by atoms with Gasteiger partial charge >= 0.3 is 6.18 Å². The highest BCUT2D eigenvalue weighted by atomic mass is 79.9. The summed E-state index contributed by atoms with van der Waals surface area (Å²) in [5.74, 6) is 0.145. The summed E-state index contributed by atoms with van der Waals surface area (Å²) in [6.07, 6.45) is -4.38. The Morgan fingerprint density at radius 3 is 2.29 bits per heavy atom. The van der Waals surface area contributed by atoms with Crippen molar-refractivity contribution in [3.8, 4) is 5.75 Å². The van der Waals surface area contributed by atoms with Crippen molar-refractivity contribution in [2.45, 2.75) is 19.1 Å². The lowest BCUT2D eigenvalue weighted by Gasteiger charge is -2.18. The van der Waals surface area contributed by atoms with E-state index in [1.807, 2.05) is 6.92 Å². The van der Waals surface area contributed by atoms with Gasteiger partial charge in [-0.05, 0) is 58.7 Å². The number of rotatable bonds is 3. The van der Waals surface area contributed by atoms with Crippen LogP contribution in [0.3, 0.4) is 0 Å². The maximum absolute atomic E-state index is 12.7. The maximum Gasteiger partial charge on any atom is 0.416 e. The van der Waals surface area contributed by atoms with Crippen LogP contribution in [0.15, 0.2) is 46.9 Å². The number of anilines is 1. The second-order valence-corrected chi connectivity index (χ2v) is 5.50. The zero-order chi connectivity index (χ0) is 15.6. The van der Waals surface area contributed by atoms with E-state index in [2.05, 4.69) is 21.2 Å². The van der Waals surface area contributed by atoms with Crippen molar-refractivity contribution in [2.24, 2.45) is 0 Å². The Kier molecular flexibility index (Phi) is 4.46. The molecule has 0 aliphatic rings. The van der Waals surface area contributed by atoms with E-state index >= 15 is 0 Å². The number of benzene rings is 2. The van der Waals surface area contributed by atoms with Gasteiger partial charge in [-0.3, -0.25) is 0 Å². The monoisotopic (exact) mass is 359 g/mol. The predicted octanol–water partition coefficient (Wildman–Crippen LogP) is 5.35. The first-order valence-corrected chi connectivity index (χ1v) is 6.99. The van der Waals surface area contributed by atoms with Crippen LogP contribution in [0.1, 0.15) is 24.1 Å². The Labute approximate surface area is 128 Å². The molecule has 0 amide bonds. The minimum atomic E-state index is -4.38. The van der Waals surface area contributed by atoms with Crippen LogP contribution in [0.2, 0.25) is 0 Å². The van der Waals surface area contributed by atoms with Gasteiger partial charge in [0.2, 0.25) is 0 Å². The third kappa shape index (κ3) is 3.91. The lowest BCUT2D eigenvalue weighted by atomic mass is 10.1. The molecular weight excluding hydrogens is 347 g/mol. The van der Waals surface area contributed by atoms with Crippen LogP contribution in [-0.2, 0) is 6.18 Å². The van der Waals surface area contributed by atoms with Gasteiger partial charge in [-0.25, -0.2) is 0 Å². The van der Waals surface area contributed by atoms with Crippen LogP contribution >= 0.6 is 15.9 Å². The molecule has 0 saturated heterocycles. The molecule has 6 heteroatoms. The van der Waals surface area contributed by atoms with E-state index in [0.717, 1.165) is 17.7 Å². The fraction of sp³-hybridized carbons (Fsp3) is 0.200. The zero-order valence-corrected chi connectivity index (χ0v) is 12.7.